The lowest BCUT2D eigenvalue weighted by atomic mass is 10.1. The van der Waals surface area contributed by atoms with E-state index in [4.69, 9.17) is 4.74 Å². The predicted molar refractivity (Wildman–Crippen MR) is 115 cm³/mol. The summed E-state index contributed by atoms with van der Waals surface area (Å²) in [7, 11) is 0. The normalized spacial score (nSPS) is 12.5. The molecular weight excluding hydrogens is 397 g/mol. The molecule has 1 aliphatic rings. The third-order valence-electron chi connectivity index (χ3n) is 5.47. The van der Waals surface area contributed by atoms with E-state index in [9.17, 15) is 14.0 Å². The van der Waals surface area contributed by atoms with Crippen molar-refractivity contribution >= 4 is 17.6 Å². The minimum atomic E-state index is -0.633. The monoisotopic (exact) mass is 421 g/mol. The van der Waals surface area contributed by atoms with E-state index in [1.165, 1.54) is 12.1 Å². The van der Waals surface area contributed by atoms with Gasteiger partial charge in [-0.05, 0) is 75.4 Å². The largest absolute Gasteiger partial charge is 0.451 e. The summed E-state index contributed by atoms with van der Waals surface area (Å²) in [6, 6.07) is 9.93. The Morgan fingerprint density at radius 1 is 1.10 bits per heavy atom. The first kappa shape index (κ1) is 20.8. The van der Waals surface area contributed by atoms with Gasteiger partial charge in [-0.3, -0.25) is 4.79 Å². The van der Waals surface area contributed by atoms with Crippen molar-refractivity contribution in [1.29, 1.82) is 0 Å². The van der Waals surface area contributed by atoms with E-state index in [-0.39, 0.29) is 11.5 Å². The quantitative estimate of drug-likeness (QED) is 0.626. The number of ether oxygens (including phenoxy) is 1. The topological polar surface area (TPSA) is 73.2 Å². The number of carbonyl (C=O) groups excluding carboxylic acids is 2. The first-order valence-corrected chi connectivity index (χ1v) is 10.2. The highest BCUT2D eigenvalue weighted by Gasteiger charge is 2.28. The Morgan fingerprint density at radius 3 is 2.45 bits per heavy atom. The first-order chi connectivity index (χ1) is 14.8. The zero-order valence-electron chi connectivity index (χ0n) is 17.8. The van der Waals surface area contributed by atoms with E-state index in [1.54, 1.807) is 16.8 Å². The van der Waals surface area contributed by atoms with Gasteiger partial charge < -0.3 is 10.1 Å². The van der Waals surface area contributed by atoms with Gasteiger partial charge >= 0.3 is 5.97 Å². The van der Waals surface area contributed by atoms with Gasteiger partial charge in [-0.1, -0.05) is 17.7 Å². The third kappa shape index (κ3) is 4.21. The molecule has 0 atom stereocenters. The van der Waals surface area contributed by atoms with Crippen LogP contribution in [0.4, 0.5) is 10.1 Å². The van der Waals surface area contributed by atoms with Crippen LogP contribution < -0.4 is 5.32 Å². The Balaban J connectivity index is 1.48. The number of benzene rings is 2. The lowest BCUT2D eigenvalue weighted by Crippen LogP contribution is -2.22. The highest BCUT2D eigenvalue weighted by atomic mass is 19.1. The summed E-state index contributed by atoms with van der Waals surface area (Å²) in [5, 5.41) is 7.24. The molecule has 0 radical (unpaired) electrons. The molecule has 6 nitrogen and oxygen atoms in total. The zero-order valence-corrected chi connectivity index (χ0v) is 17.8. The van der Waals surface area contributed by atoms with Crippen molar-refractivity contribution in [2.45, 2.75) is 40.0 Å². The van der Waals surface area contributed by atoms with Crippen LogP contribution in [0.25, 0.3) is 5.69 Å². The number of amides is 1. The highest BCUT2D eigenvalue weighted by molar-refractivity contribution is 5.96. The number of hydrogen-bond donors (Lipinski definition) is 1. The van der Waals surface area contributed by atoms with Crippen LogP contribution in [-0.2, 0) is 22.4 Å². The molecule has 1 heterocycles. The number of esters is 1. The number of fused-ring (bicyclic) bond motifs is 1. The van der Waals surface area contributed by atoms with Gasteiger partial charge in [-0.15, -0.1) is 0 Å². The summed E-state index contributed by atoms with van der Waals surface area (Å²) in [4.78, 5) is 25.1. The molecule has 160 valence electrons. The van der Waals surface area contributed by atoms with Gasteiger partial charge in [0, 0.05) is 16.9 Å². The molecule has 0 spiro atoms. The Morgan fingerprint density at radius 2 is 1.77 bits per heavy atom. The molecule has 7 heteroatoms. The van der Waals surface area contributed by atoms with Crippen LogP contribution in [0, 0.1) is 26.6 Å². The molecule has 0 fully saturated rings. The maximum absolute atomic E-state index is 13.3. The minimum Gasteiger partial charge on any atom is -0.451 e. The van der Waals surface area contributed by atoms with Crippen LogP contribution in [0.3, 0.4) is 0 Å². The second-order valence-electron chi connectivity index (χ2n) is 7.91. The summed E-state index contributed by atoms with van der Waals surface area (Å²) in [6.45, 7) is 5.45. The van der Waals surface area contributed by atoms with E-state index in [1.807, 2.05) is 32.9 Å². The van der Waals surface area contributed by atoms with Gasteiger partial charge in [0.05, 0.1) is 5.69 Å². The van der Waals surface area contributed by atoms with Gasteiger partial charge in [0.1, 0.15) is 5.82 Å². The summed E-state index contributed by atoms with van der Waals surface area (Å²) >= 11 is 0. The van der Waals surface area contributed by atoms with Crippen LogP contribution >= 0.6 is 0 Å². The van der Waals surface area contributed by atoms with Gasteiger partial charge in [0.2, 0.25) is 0 Å². The van der Waals surface area contributed by atoms with E-state index in [0.717, 1.165) is 52.9 Å². The van der Waals surface area contributed by atoms with Crippen molar-refractivity contribution in [2.24, 2.45) is 0 Å². The molecule has 31 heavy (non-hydrogen) atoms. The lowest BCUT2D eigenvalue weighted by Gasteiger charge is -2.13. The fraction of sp³-hybridized carbons (Fsp3) is 0.292. The molecule has 1 aromatic heterocycles. The molecule has 1 aliphatic carbocycles. The maximum Gasteiger partial charge on any atom is 0.359 e. The number of nitrogens with one attached hydrogen (secondary N) is 1. The summed E-state index contributed by atoms with van der Waals surface area (Å²) < 4.78 is 20.2. The van der Waals surface area contributed by atoms with Gasteiger partial charge in [0.25, 0.3) is 5.91 Å². The average molecular weight is 421 g/mol. The molecule has 1 N–H and O–H groups in total. The number of halogens is 1. The van der Waals surface area contributed by atoms with Crippen molar-refractivity contribution in [3.8, 4) is 5.69 Å². The Labute approximate surface area is 180 Å². The second-order valence-corrected chi connectivity index (χ2v) is 7.91. The molecular formula is C24H24FN3O3. The first-order valence-electron chi connectivity index (χ1n) is 10.2. The van der Waals surface area contributed by atoms with Crippen molar-refractivity contribution in [3.05, 3.63) is 75.9 Å². The van der Waals surface area contributed by atoms with Crippen molar-refractivity contribution < 1.29 is 18.7 Å². The second kappa shape index (κ2) is 8.34. The van der Waals surface area contributed by atoms with Crippen LogP contribution in [0.5, 0.6) is 0 Å². The molecule has 0 aliphatic heterocycles. The summed E-state index contributed by atoms with van der Waals surface area (Å²) in [5.74, 6) is -1.37. The standard InChI is InChI=1S/C24H24FN3O3/c1-14-11-15(2)22(16(3)12-14)26-21(29)13-31-24(30)23-19-5-4-6-20(19)28(27-23)18-9-7-17(25)8-10-18/h7-12H,4-6,13H2,1-3H3,(H,26,29). The summed E-state index contributed by atoms with van der Waals surface area (Å²) in [6.07, 6.45) is 2.40. The van der Waals surface area contributed by atoms with Crippen LogP contribution in [0.1, 0.15) is 44.9 Å². The van der Waals surface area contributed by atoms with Gasteiger partial charge in [-0.2, -0.15) is 5.10 Å². The Bertz CT molecular complexity index is 1140. The summed E-state index contributed by atoms with van der Waals surface area (Å²) in [5.41, 5.74) is 6.40. The minimum absolute atomic E-state index is 0.215. The van der Waals surface area contributed by atoms with E-state index in [0.29, 0.717) is 5.69 Å². The number of aryl methyl sites for hydroxylation is 3. The number of anilines is 1. The van der Waals surface area contributed by atoms with Gasteiger partial charge in [0.15, 0.2) is 12.3 Å². The number of hydrogen-bond acceptors (Lipinski definition) is 4. The fourth-order valence-electron chi connectivity index (χ4n) is 4.15. The molecule has 3 aromatic rings. The van der Waals surface area contributed by atoms with Crippen LogP contribution in [0.2, 0.25) is 0 Å². The van der Waals surface area contributed by atoms with Crippen molar-refractivity contribution in [1.82, 2.24) is 9.78 Å². The van der Waals surface area contributed by atoms with Crippen molar-refractivity contribution in [2.75, 3.05) is 11.9 Å². The number of nitrogens with zero attached hydrogens (tertiary/aromatic N) is 2. The van der Waals surface area contributed by atoms with Crippen LogP contribution in [-0.4, -0.2) is 28.3 Å². The maximum atomic E-state index is 13.3. The van der Waals surface area contributed by atoms with E-state index in [2.05, 4.69) is 10.4 Å². The predicted octanol–water partition coefficient (Wildman–Crippen LogP) is 4.22. The third-order valence-corrected chi connectivity index (χ3v) is 5.47. The average Bonchev–Trinajstić information content (AvgIpc) is 3.32. The fourth-order valence-corrected chi connectivity index (χ4v) is 4.15. The SMILES string of the molecule is Cc1cc(C)c(NC(=O)COC(=O)c2nn(-c3ccc(F)cc3)c3c2CCC3)c(C)c1. The van der Waals surface area contributed by atoms with Gasteiger partial charge in [-0.25, -0.2) is 13.9 Å². The molecule has 0 saturated heterocycles. The Kier molecular flexibility index (Phi) is 5.59. The van der Waals surface area contributed by atoms with E-state index >= 15 is 0 Å². The molecule has 1 amide bonds. The van der Waals surface area contributed by atoms with E-state index < -0.39 is 18.5 Å². The molecule has 0 bridgehead atoms. The number of rotatable bonds is 5. The smallest absolute Gasteiger partial charge is 0.359 e. The van der Waals surface area contributed by atoms with Crippen LogP contribution in [0.15, 0.2) is 36.4 Å². The van der Waals surface area contributed by atoms with Crippen molar-refractivity contribution in [3.63, 3.8) is 0 Å². The zero-order chi connectivity index (χ0) is 22.1. The highest BCUT2D eigenvalue weighted by Crippen LogP contribution is 2.28. The molecule has 2 aromatic carbocycles. The molecule has 0 unspecified atom stereocenters. The number of aromatic nitrogens is 2. The number of carbonyl (C=O) groups is 2. The molecule has 0 saturated carbocycles. The lowest BCUT2D eigenvalue weighted by molar-refractivity contribution is -0.119. The molecule has 4 rings (SSSR count). The Hall–Kier alpha value is -3.48.